The summed E-state index contributed by atoms with van der Waals surface area (Å²) < 4.78 is 12.8. The molecule has 1 aromatic rings. The van der Waals surface area contributed by atoms with Gasteiger partial charge < -0.3 is 10.6 Å². The predicted octanol–water partition coefficient (Wildman–Crippen LogP) is 2.78. The zero-order valence-electron chi connectivity index (χ0n) is 12.0. The Morgan fingerprint density at radius 2 is 1.90 bits per heavy atom. The second-order valence-electron chi connectivity index (χ2n) is 4.70. The minimum atomic E-state index is -0.245. The maximum Gasteiger partial charge on any atom is 0.226 e. The third kappa shape index (κ3) is 5.69. The molecule has 0 saturated heterocycles. The van der Waals surface area contributed by atoms with Crippen LogP contribution in [0.3, 0.4) is 0 Å². The Balaban J connectivity index is 0.00000361. The number of hydrogen-bond donors (Lipinski definition) is 1. The molecule has 0 bridgehead atoms. The van der Waals surface area contributed by atoms with E-state index >= 15 is 0 Å². The lowest BCUT2D eigenvalue weighted by molar-refractivity contribution is -0.134. The van der Waals surface area contributed by atoms with Crippen molar-refractivity contribution in [2.75, 3.05) is 19.3 Å². The fraction of sp³-hybridized carbons (Fsp3) is 0.500. The molecule has 2 N–H and O–H groups in total. The number of carbonyl (C=O) groups excluding carboxylic acids is 1. The molecule has 0 aromatic heterocycles. The molecule has 20 heavy (non-hydrogen) atoms. The first-order valence-corrected chi connectivity index (χ1v) is 7.29. The molecule has 0 spiro atoms. The summed E-state index contributed by atoms with van der Waals surface area (Å²) >= 11 is 1.56. The standard InChI is InChI=1S/C14H21FN2OS.ClH/c1-10(14(18)17(3)11(2)8-16)9-19-13-6-4-12(15)5-7-13;/h4-7,10-11H,8-9,16H2,1-3H3;1H. The molecule has 1 rings (SSSR count). The molecule has 0 aliphatic heterocycles. The molecule has 2 unspecified atom stereocenters. The van der Waals surface area contributed by atoms with Gasteiger partial charge in [-0.3, -0.25) is 4.79 Å². The number of carbonyl (C=O) groups is 1. The number of amides is 1. The van der Waals surface area contributed by atoms with E-state index in [2.05, 4.69) is 0 Å². The van der Waals surface area contributed by atoms with Gasteiger partial charge in [0.2, 0.25) is 5.91 Å². The Morgan fingerprint density at radius 1 is 1.35 bits per heavy atom. The lowest BCUT2D eigenvalue weighted by atomic mass is 10.1. The Hall–Kier alpha value is -0.780. The molecular formula is C14H22ClFN2OS. The summed E-state index contributed by atoms with van der Waals surface area (Å²) in [5, 5.41) is 0. The Bertz CT molecular complexity index is 416. The van der Waals surface area contributed by atoms with Crippen molar-refractivity contribution in [2.45, 2.75) is 24.8 Å². The molecule has 0 aliphatic carbocycles. The van der Waals surface area contributed by atoms with Crippen molar-refractivity contribution in [1.82, 2.24) is 4.90 Å². The van der Waals surface area contributed by atoms with Crippen molar-refractivity contribution >= 4 is 30.1 Å². The van der Waals surface area contributed by atoms with Gasteiger partial charge in [0.15, 0.2) is 0 Å². The lowest BCUT2D eigenvalue weighted by Gasteiger charge is -2.26. The summed E-state index contributed by atoms with van der Waals surface area (Å²) in [5.41, 5.74) is 5.56. The van der Waals surface area contributed by atoms with Crippen molar-refractivity contribution in [3.8, 4) is 0 Å². The van der Waals surface area contributed by atoms with E-state index in [0.29, 0.717) is 12.3 Å². The monoisotopic (exact) mass is 320 g/mol. The first-order chi connectivity index (χ1) is 8.95. The molecule has 0 fully saturated rings. The molecule has 3 nitrogen and oxygen atoms in total. The van der Waals surface area contributed by atoms with Gasteiger partial charge in [-0.25, -0.2) is 4.39 Å². The zero-order chi connectivity index (χ0) is 14.4. The van der Waals surface area contributed by atoms with Gasteiger partial charge in [-0.2, -0.15) is 0 Å². The SMILES string of the molecule is CC(CSc1ccc(F)cc1)C(=O)N(C)C(C)CN.Cl. The third-order valence-corrected chi connectivity index (χ3v) is 4.36. The average molecular weight is 321 g/mol. The molecule has 2 atom stereocenters. The maximum absolute atomic E-state index is 12.8. The quantitative estimate of drug-likeness (QED) is 0.820. The van der Waals surface area contributed by atoms with Crippen molar-refractivity contribution < 1.29 is 9.18 Å². The van der Waals surface area contributed by atoms with Crippen LogP contribution in [0.2, 0.25) is 0 Å². The van der Waals surface area contributed by atoms with Gasteiger partial charge in [-0.15, -0.1) is 24.2 Å². The van der Waals surface area contributed by atoms with Gasteiger partial charge in [0.1, 0.15) is 5.82 Å². The summed E-state index contributed by atoms with van der Waals surface area (Å²) in [6.45, 7) is 4.29. The van der Waals surface area contributed by atoms with E-state index in [1.165, 1.54) is 12.1 Å². The van der Waals surface area contributed by atoms with Crippen LogP contribution in [0.25, 0.3) is 0 Å². The van der Waals surface area contributed by atoms with Gasteiger partial charge in [0.05, 0.1) is 0 Å². The van der Waals surface area contributed by atoms with E-state index in [1.54, 1.807) is 35.8 Å². The number of hydrogen-bond acceptors (Lipinski definition) is 3. The summed E-state index contributed by atoms with van der Waals surface area (Å²) in [6, 6.07) is 6.35. The van der Waals surface area contributed by atoms with Crippen molar-refractivity contribution in [2.24, 2.45) is 11.7 Å². The van der Waals surface area contributed by atoms with E-state index < -0.39 is 0 Å². The molecule has 0 heterocycles. The van der Waals surface area contributed by atoms with Gasteiger partial charge in [0.25, 0.3) is 0 Å². The highest BCUT2D eigenvalue weighted by molar-refractivity contribution is 7.99. The van der Waals surface area contributed by atoms with Crippen molar-refractivity contribution in [1.29, 1.82) is 0 Å². The molecule has 6 heteroatoms. The minimum absolute atomic E-state index is 0. The Labute approximate surface area is 130 Å². The summed E-state index contributed by atoms with van der Waals surface area (Å²) in [5.74, 6) is 0.429. The van der Waals surface area contributed by atoms with Gasteiger partial charge in [-0.05, 0) is 31.2 Å². The van der Waals surface area contributed by atoms with Crippen LogP contribution in [-0.4, -0.2) is 36.2 Å². The number of thioether (sulfide) groups is 1. The molecule has 114 valence electrons. The van der Waals surface area contributed by atoms with Crippen molar-refractivity contribution in [3.05, 3.63) is 30.1 Å². The van der Waals surface area contributed by atoms with Crippen LogP contribution in [0.4, 0.5) is 4.39 Å². The highest BCUT2D eigenvalue weighted by Gasteiger charge is 2.20. The second kappa shape index (κ2) is 9.21. The second-order valence-corrected chi connectivity index (χ2v) is 5.79. The lowest BCUT2D eigenvalue weighted by Crippen LogP contribution is -2.42. The number of nitrogens with zero attached hydrogens (tertiary/aromatic N) is 1. The molecule has 1 aromatic carbocycles. The fourth-order valence-corrected chi connectivity index (χ4v) is 2.46. The highest BCUT2D eigenvalue weighted by Crippen LogP contribution is 2.21. The van der Waals surface area contributed by atoms with Crippen LogP contribution in [-0.2, 0) is 4.79 Å². The van der Waals surface area contributed by atoms with E-state index in [9.17, 15) is 9.18 Å². The largest absolute Gasteiger partial charge is 0.342 e. The van der Waals surface area contributed by atoms with Gasteiger partial charge >= 0.3 is 0 Å². The van der Waals surface area contributed by atoms with Crippen LogP contribution in [0.1, 0.15) is 13.8 Å². The molecule has 0 saturated carbocycles. The van der Waals surface area contributed by atoms with Crippen LogP contribution in [0, 0.1) is 11.7 Å². The smallest absolute Gasteiger partial charge is 0.226 e. The maximum atomic E-state index is 12.8. The van der Waals surface area contributed by atoms with E-state index in [0.717, 1.165) is 4.90 Å². The summed E-state index contributed by atoms with van der Waals surface area (Å²) in [6.07, 6.45) is 0. The normalized spacial score (nSPS) is 13.2. The molecule has 1 amide bonds. The highest BCUT2D eigenvalue weighted by atomic mass is 35.5. The number of halogens is 2. The Morgan fingerprint density at radius 3 is 2.40 bits per heavy atom. The third-order valence-electron chi connectivity index (χ3n) is 3.09. The van der Waals surface area contributed by atoms with Crippen LogP contribution >= 0.6 is 24.2 Å². The molecular weight excluding hydrogens is 299 g/mol. The summed E-state index contributed by atoms with van der Waals surface area (Å²) in [4.78, 5) is 14.8. The van der Waals surface area contributed by atoms with Crippen molar-refractivity contribution in [3.63, 3.8) is 0 Å². The van der Waals surface area contributed by atoms with Gasteiger partial charge in [0, 0.05) is 36.2 Å². The first kappa shape index (κ1) is 19.2. The van der Waals surface area contributed by atoms with Crippen LogP contribution in [0.5, 0.6) is 0 Å². The number of rotatable bonds is 6. The minimum Gasteiger partial charge on any atom is -0.342 e. The fourth-order valence-electron chi connectivity index (χ4n) is 1.55. The topological polar surface area (TPSA) is 46.3 Å². The van der Waals surface area contributed by atoms with Crippen LogP contribution < -0.4 is 5.73 Å². The molecule has 0 aliphatic rings. The van der Waals surface area contributed by atoms with E-state index in [4.69, 9.17) is 5.73 Å². The van der Waals surface area contributed by atoms with E-state index in [-0.39, 0.29) is 36.1 Å². The molecule has 0 radical (unpaired) electrons. The van der Waals surface area contributed by atoms with Crippen LogP contribution in [0.15, 0.2) is 29.2 Å². The van der Waals surface area contributed by atoms with Gasteiger partial charge in [-0.1, -0.05) is 6.92 Å². The predicted molar refractivity (Wildman–Crippen MR) is 84.8 cm³/mol. The number of benzene rings is 1. The van der Waals surface area contributed by atoms with E-state index in [1.807, 2.05) is 13.8 Å². The Kier molecular flexibility index (Phi) is 8.85. The summed E-state index contributed by atoms with van der Waals surface area (Å²) in [7, 11) is 1.78. The zero-order valence-corrected chi connectivity index (χ0v) is 13.6. The number of likely N-dealkylation sites (N-methyl/N-ethyl adjacent to an activating group) is 1. The average Bonchev–Trinajstić information content (AvgIpc) is 2.43. The number of nitrogens with two attached hydrogens (primary N) is 1. The first-order valence-electron chi connectivity index (χ1n) is 6.30.